The fraction of sp³-hybridized carbons (Fsp3) is 0.650. The van der Waals surface area contributed by atoms with Gasteiger partial charge >= 0.3 is 11.9 Å². The molecule has 0 aromatic carbocycles. The SMILES string of the molecule is CSCCC(NC(=O)C(CCCN=C(N)N)NC(=O)C(CCC(N)=O)NC(=O)C(N)CC(=O)O)C(=O)O. The Kier molecular flexibility index (Phi) is 16.0. The molecular weight excluding hydrogens is 512 g/mol. The summed E-state index contributed by atoms with van der Waals surface area (Å²) in [6.07, 6.45) is 0.841. The summed E-state index contributed by atoms with van der Waals surface area (Å²) >= 11 is 1.39. The number of carbonyl (C=O) groups excluding carboxylic acids is 4. The summed E-state index contributed by atoms with van der Waals surface area (Å²) in [6.45, 7) is 0.114. The van der Waals surface area contributed by atoms with Gasteiger partial charge in [-0.25, -0.2) is 4.79 Å². The number of carboxylic acid groups (broad SMARTS) is 2. The Hall–Kier alpha value is -3.60. The lowest BCUT2D eigenvalue weighted by molar-refractivity contribution is -0.142. The zero-order valence-corrected chi connectivity index (χ0v) is 21.3. The van der Waals surface area contributed by atoms with Gasteiger partial charge in [0, 0.05) is 13.0 Å². The first kappa shape index (κ1) is 33.4. The highest BCUT2D eigenvalue weighted by atomic mass is 32.2. The van der Waals surface area contributed by atoms with Crippen molar-refractivity contribution in [2.24, 2.45) is 27.9 Å². The molecule has 0 aromatic rings. The number of primary amides is 1. The highest BCUT2D eigenvalue weighted by molar-refractivity contribution is 7.98. The first-order valence-corrected chi connectivity index (χ1v) is 12.6. The van der Waals surface area contributed by atoms with Crippen LogP contribution in [-0.4, -0.2) is 94.5 Å². The lowest BCUT2D eigenvalue weighted by atomic mass is 10.1. The van der Waals surface area contributed by atoms with Gasteiger partial charge in [-0.15, -0.1) is 0 Å². The van der Waals surface area contributed by atoms with Crippen molar-refractivity contribution in [2.75, 3.05) is 18.6 Å². The molecular formula is C20H36N8O8S. The van der Waals surface area contributed by atoms with Crippen molar-refractivity contribution < 1.29 is 39.0 Å². The number of aliphatic imine (C=N–C) groups is 1. The first-order valence-electron chi connectivity index (χ1n) is 11.2. The van der Waals surface area contributed by atoms with E-state index in [9.17, 15) is 33.9 Å². The molecule has 0 bridgehead atoms. The number of nitrogens with two attached hydrogens (primary N) is 4. The number of carbonyl (C=O) groups is 6. The highest BCUT2D eigenvalue weighted by Crippen LogP contribution is 2.06. The van der Waals surface area contributed by atoms with Gasteiger partial charge in [-0.1, -0.05) is 0 Å². The molecule has 0 radical (unpaired) electrons. The van der Waals surface area contributed by atoms with Crippen molar-refractivity contribution in [1.82, 2.24) is 16.0 Å². The molecule has 0 aliphatic heterocycles. The Bertz CT molecular complexity index is 852. The van der Waals surface area contributed by atoms with E-state index in [1.165, 1.54) is 11.8 Å². The smallest absolute Gasteiger partial charge is 0.326 e. The topological polar surface area (TPSA) is 295 Å². The van der Waals surface area contributed by atoms with E-state index < -0.39 is 66.2 Å². The largest absolute Gasteiger partial charge is 0.481 e. The third-order valence-corrected chi connectivity index (χ3v) is 5.49. The molecule has 4 unspecified atom stereocenters. The van der Waals surface area contributed by atoms with E-state index in [0.717, 1.165) is 0 Å². The number of thioether (sulfide) groups is 1. The molecule has 0 aliphatic rings. The Morgan fingerprint density at radius 1 is 0.838 bits per heavy atom. The van der Waals surface area contributed by atoms with Crippen LogP contribution in [0.5, 0.6) is 0 Å². The number of guanidine groups is 1. The van der Waals surface area contributed by atoms with Crippen molar-refractivity contribution in [2.45, 2.75) is 62.7 Å². The molecule has 4 atom stereocenters. The number of nitrogens with one attached hydrogen (secondary N) is 3. The van der Waals surface area contributed by atoms with Crippen molar-refractivity contribution in [1.29, 1.82) is 0 Å². The normalized spacial score (nSPS) is 13.8. The first-order chi connectivity index (χ1) is 17.3. The second kappa shape index (κ2) is 17.8. The zero-order chi connectivity index (χ0) is 28.5. The van der Waals surface area contributed by atoms with Crippen LogP contribution >= 0.6 is 11.8 Å². The molecule has 0 aromatic heterocycles. The Labute approximate surface area is 217 Å². The summed E-state index contributed by atoms with van der Waals surface area (Å²) in [5.74, 6) is -5.75. The fourth-order valence-electron chi connectivity index (χ4n) is 2.93. The number of nitrogens with zero attached hydrogens (tertiary/aromatic N) is 1. The van der Waals surface area contributed by atoms with Gasteiger partial charge in [0.15, 0.2) is 5.96 Å². The van der Waals surface area contributed by atoms with Gasteiger partial charge in [0.2, 0.25) is 23.6 Å². The van der Waals surface area contributed by atoms with Crippen LogP contribution in [0, 0.1) is 0 Å². The number of rotatable bonds is 19. The summed E-state index contributed by atoms with van der Waals surface area (Å²) in [5.41, 5.74) is 21.2. The molecule has 13 N–H and O–H groups in total. The second-order valence-electron chi connectivity index (χ2n) is 7.96. The lowest BCUT2D eigenvalue weighted by Crippen LogP contribution is -2.57. The second-order valence-corrected chi connectivity index (χ2v) is 8.95. The quantitative estimate of drug-likeness (QED) is 0.0429. The molecule has 17 heteroatoms. The van der Waals surface area contributed by atoms with Crippen LogP contribution < -0.4 is 38.9 Å². The van der Waals surface area contributed by atoms with E-state index in [-0.39, 0.29) is 44.6 Å². The van der Waals surface area contributed by atoms with Crippen molar-refractivity contribution >= 4 is 53.3 Å². The average Bonchev–Trinajstić information content (AvgIpc) is 2.79. The van der Waals surface area contributed by atoms with Gasteiger partial charge in [0.25, 0.3) is 0 Å². The van der Waals surface area contributed by atoms with E-state index in [2.05, 4.69) is 20.9 Å². The highest BCUT2D eigenvalue weighted by Gasteiger charge is 2.30. The maximum Gasteiger partial charge on any atom is 0.326 e. The number of amides is 4. The fourth-order valence-corrected chi connectivity index (χ4v) is 3.40. The molecule has 16 nitrogen and oxygen atoms in total. The van der Waals surface area contributed by atoms with Crippen LogP contribution in [0.3, 0.4) is 0 Å². The summed E-state index contributed by atoms with van der Waals surface area (Å²) in [5, 5.41) is 25.3. The molecule has 0 fully saturated rings. The van der Waals surface area contributed by atoms with Crippen LogP contribution in [0.1, 0.15) is 38.5 Å². The van der Waals surface area contributed by atoms with Gasteiger partial charge in [-0.05, 0) is 37.7 Å². The number of hydrogen-bond acceptors (Lipinski definition) is 9. The van der Waals surface area contributed by atoms with Crippen molar-refractivity contribution in [3.8, 4) is 0 Å². The van der Waals surface area contributed by atoms with Crippen LogP contribution in [0.15, 0.2) is 4.99 Å². The van der Waals surface area contributed by atoms with E-state index in [0.29, 0.717) is 5.75 Å². The monoisotopic (exact) mass is 548 g/mol. The molecule has 0 aliphatic carbocycles. The molecule has 0 saturated carbocycles. The minimum atomic E-state index is -1.48. The van der Waals surface area contributed by atoms with E-state index in [1.807, 2.05) is 0 Å². The molecule has 0 rings (SSSR count). The van der Waals surface area contributed by atoms with Gasteiger partial charge in [-0.3, -0.25) is 29.0 Å². The van der Waals surface area contributed by atoms with Gasteiger partial charge in [-0.2, -0.15) is 11.8 Å². The summed E-state index contributed by atoms with van der Waals surface area (Å²) in [6, 6.07) is -5.33. The number of aliphatic carboxylic acids is 2. The van der Waals surface area contributed by atoms with Gasteiger partial charge in [0.05, 0.1) is 12.5 Å². The third-order valence-electron chi connectivity index (χ3n) is 4.85. The Morgan fingerprint density at radius 3 is 1.86 bits per heavy atom. The summed E-state index contributed by atoms with van der Waals surface area (Å²) in [7, 11) is 0. The van der Waals surface area contributed by atoms with Gasteiger partial charge < -0.3 is 49.1 Å². The summed E-state index contributed by atoms with van der Waals surface area (Å²) < 4.78 is 0. The molecule has 0 saturated heterocycles. The minimum absolute atomic E-state index is 0.00175. The zero-order valence-electron chi connectivity index (χ0n) is 20.5. The van der Waals surface area contributed by atoms with Crippen LogP contribution in [0.2, 0.25) is 0 Å². The molecule has 0 heterocycles. The maximum atomic E-state index is 13.0. The van der Waals surface area contributed by atoms with Crippen LogP contribution in [0.4, 0.5) is 0 Å². The number of hydrogen-bond donors (Lipinski definition) is 9. The van der Waals surface area contributed by atoms with Crippen molar-refractivity contribution in [3.63, 3.8) is 0 Å². The van der Waals surface area contributed by atoms with E-state index >= 15 is 0 Å². The summed E-state index contributed by atoms with van der Waals surface area (Å²) in [4.78, 5) is 75.6. The van der Waals surface area contributed by atoms with E-state index in [4.69, 9.17) is 28.0 Å². The molecule has 37 heavy (non-hydrogen) atoms. The van der Waals surface area contributed by atoms with E-state index in [1.54, 1.807) is 6.26 Å². The van der Waals surface area contributed by atoms with Crippen LogP contribution in [0.25, 0.3) is 0 Å². The standard InChI is InChI=1S/C20H36N8O8S/c1-37-8-6-13(19(35)36)28-17(33)11(3-2-7-25-20(23)24)27-18(34)12(4-5-14(22)29)26-16(32)10(21)9-15(30)31/h10-13H,2-9,21H2,1H3,(H2,22,29)(H,26,32)(H,27,34)(H,28,33)(H,30,31)(H,35,36)(H4,23,24,25). The third kappa shape index (κ3) is 15.2. The van der Waals surface area contributed by atoms with Crippen LogP contribution in [-0.2, 0) is 28.8 Å². The lowest BCUT2D eigenvalue weighted by Gasteiger charge is -2.25. The molecule has 4 amide bonds. The Morgan fingerprint density at radius 2 is 1.38 bits per heavy atom. The number of carboxylic acids is 2. The van der Waals surface area contributed by atoms with Crippen molar-refractivity contribution in [3.05, 3.63) is 0 Å². The predicted molar refractivity (Wildman–Crippen MR) is 135 cm³/mol. The molecule has 0 spiro atoms. The average molecular weight is 549 g/mol. The van der Waals surface area contributed by atoms with Gasteiger partial charge in [0.1, 0.15) is 18.1 Å². The Balaban J connectivity index is 5.68. The maximum absolute atomic E-state index is 13.0. The minimum Gasteiger partial charge on any atom is -0.481 e. The predicted octanol–water partition coefficient (Wildman–Crippen LogP) is -3.60. The molecule has 210 valence electrons.